The first-order valence-electron chi connectivity index (χ1n) is 5.25. The van der Waals surface area contributed by atoms with Crippen molar-refractivity contribution < 1.29 is 14.3 Å². The summed E-state index contributed by atoms with van der Waals surface area (Å²) in [6.45, 7) is 7.77. The van der Waals surface area contributed by atoms with E-state index in [4.69, 9.17) is 9.47 Å². The molecule has 0 atom stereocenters. The van der Waals surface area contributed by atoms with E-state index in [1.54, 1.807) is 18.3 Å². The zero-order valence-corrected chi connectivity index (χ0v) is 10.1. The number of esters is 1. The summed E-state index contributed by atoms with van der Waals surface area (Å²) in [7, 11) is 0. The summed E-state index contributed by atoms with van der Waals surface area (Å²) in [5.74, 6) is -0.0942. The Morgan fingerprint density at radius 2 is 2.12 bits per heavy atom. The molecule has 0 radical (unpaired) electrons. The molecule has 0 saturated carbocycles. The van der Waals surface area contributed by atoms with Gasteiger partial charge in [-0.05, 0) is 39.8 Å². The van der Waals surface area contributed by atoms with Crippen LogP contribution in [0.3, 0.4) is 0 Å². The van der Waals surface area contributed by atoms with E-state index in [9.17, 15) is 4.79 Å². The molecule has 16 heavy (non-hydrogen) atoms. The smallest absolute Gasteiger partial charge is 0.344 e. The molecule has 0 aliphatic carbocycles. The summed E-state index contributed by atoms with van der Waals surface area (Å²) < 4.78 is 10.5. The van der Waals surface area contributed by atoms with E-state index in [2.05, 4.69) is 4.98 Å². The Morgan fingerprint density at radius 3 is 2.69 bits per heavy atom. The lowest BCUT2D eigenvalue weighted by Crippen LogP contribution is -2.24. The van der Waals surface area contributed by atoms with Gasteiger partial charge in [-0.3, -0.25) is 0 Å². The largest absolute Gasteiger partial charge is 0.477 e. The first-order chi connectivity index (χ1) is 7.44. The van der Waals surface area contributed by atoms with E-state index in [-0.39, 0.29) is 0 Å². The van der Waals surface area contributed by atoms with Crippen molar-refractivity contribution in [3.63, 3.8) is 0 Å². The van der Waals surface area contributed by atoms with Crippen LogP contribution in [0.25, 0.3) is 0 Å². The van der Waals surface area contributed by atoms with Crippen molar-refractivity contribution in [3.05, 3.63) is 23.9 Å². The van der Waals surface area contributed by atoms with Crippen LogP contribution in [0.5, 0.6) is 5.88 Å². The molecule has 1 rings (SSSR count). The van der Waals surface area contributed by atoms with Crippen molar-refractivity contribution in [2.75, 3.05) is 6.61 Å². The predicted molar refractivity (Wildman–Crippen MR) is 60.6 cm³/mol. The number of hydrogen-bond acceptors (Lipinski definition) is 4. The van der Waals surface area contributed by atoms with E-state index in [1.165, 1.54) is 0 Å². The fraction of sp³-hybridized carbons (Fsp3) is 0.500. The summed E-state index contributed by atoms with van der Waals surface area (Å²) in [6, 6.07) is 3.33. The second-order valence-electron chi connectivity index (χ2n) is 4.29. The molecule has 0 saturated heterocycles. The average Bonchev–Trinajstić information content (AvgIpc) is 2.16. The van der Waals surface area contributed by atoms with Gasteiger partial charge in [0.05, 0.1) is 6.61 Å². The Balaban J connectivity index is 2.90. The predicted octanol–water partition coefficient (Wildman–Crippen LogP) is 2.44. The summed E-state index contributed by atoms with van der Waals surface area (Å²) in [5.41, 5.74) is -0.157. The van der Waals surface area contributed by atoms with Gasteiger partial charge in [-0.15, -0.1) is 0 Å². The molecule has 0 fully saturated rings. The van der Waals surface area contributed by atoms with Crippen LogP contribution in [0.1, 0.15) is 38.1 Å². The third-order valence-corrected chi connectivity index (χ3v) is 1.67. The standard InChI is InChI=1S/C12H17NO3/c1-5-15-10-9(7-6-8-13-10)11(14)16-12(2,3)4/h6-8H,5H2,1-4H3. The second kappa shape index (κ2) is 4.96. The number of carbonyl (C=O) groups excluding carboxylic acids is 1. The number of ether oxygens (including phenoxy) is 2. The Hall–Kier alpha value is -1.58. The number of hydrogen-bond donors (Lipinski definition) is 0. The van der Waals surface area contributed by atoms with Crippen LogP contribution in [0.4, 0.5) is 0 Å². The fourth-order valence-corrected chi connectivity index (χ4v) is 1.13. The first-order valence-corrected chi connectivity index (χ1v) is 5.25. The molecule has 0 bridgehead atoms. The molecule has 88 valence electrons. The van der Waals surface area contributed by atoms with Gasteiger partial charge in [-0.25, -0.2) is 9.78 Å². The number of rotatable bonds is 3. The Kier molecular flexibility index (Phi) is 3.88. The topological polar surface area (TPSA) is 48.4 Å². The molecule has 0 aliphatic rings. The van der Waals surface area contributed by atoms with Crippen LogP contribution in [0, 0.1) is 0 Å². The lowest BCUT2D eigenvalue weighted by molar-refractivity contribution is 0.00652. The van der Waals surface area contributed by atoms with Crippen molar-refractivity contribution >= 4 is 5.97 Å². The van der Waals surface area contributed by atoms with Gasteiger partial charge < -0.3 is 9.47 Å². The van der Waals surface area contributed by atoms with Crippen LogP contribution in [0.15, 0.2) is 18.3 Å². The fourth-order valence-electron chi connectivity index (χ4n) is 1.13. The number of pyridine rings is 1. The van der Waals surface area contributed by atoms with Gasteiger partial charge in [0.25, 0.3) is 0 Å². The molecule has 0 amide bonds. The molecule has 0 aliphatic heterocycles. The van der Waals surface area contributed by atoms with Gasteiger partial charge in [-0.2, -0.15) is 0 Å². The second-order valence-corrected chi connectivity index (χ2v) is 4.29. The maximum absolute atomic E-state index is 11.8. The highest BCUT2D eigenvalue weighted by atomic mass is 16.6. The lowest BCUT2D eigenvalue weighted by atomic mass is 10.2. The monoisotopic (exact) mass is 223 g/mol. The minimum Gasteiger partial charge on any atom is -0.477 e. The SMILES string of the molecule is CCOc1ncccc1C(=O)OC(C)(C)C. The van der Waals surface area contributed by atoms with E-state index in [1.807, 2.05) is 27.7 Å². The third kappa shape index (κ3) is 3.53. The van der Waals surface area contributed by atoms with Gasteiger partial charge in [-0.1, -0.05) is 0 Å². The van der Waals surface area contributed by atoms with Crippen molar-refractivity contribution in [1.29, 1.82) is 0 Å². The molecule has 1 aromatic heterocycles. The highest BCUT2D eigenvalue weighted by molar-refractivity contribution is 5.92. The zero-order valence-electron chi connectivity index (χ0n) is 10.1. The molecule has 0 spiro atoms. The molecular weight excluding hydrogens is 206 g/mol. The number of aromatic nitrogens is 1. The average molecular weight is 223 g/mol. The van der Waals surface area contributed by atoms with Crippen molar-refractivity contribution in [1.82, 2.24) is 4.98 Å². The van der Waals surface area contributed by atoms with Crippen molar-refractivity contribution in [2.45, 2.75) is 33.3 Å². The van der Waals surface area contributed by atoms with E-state index < -0.39 is 11.6 Å². The van der Waals surface area contributed by atoms with Gasteiger partial charge in [0.15, 0.2) is 0 Å². The van der Waals surface area contributed by atoms with Gasteiger partial charge >= 0.3 is 5.97 Å². The summed E-state index contributed by atoms with van der Waals surface area (Å²) in [6.07, 6.45) is 1.58. The van der Waals surface area contributed by atoms with Crippen LogP contribution < -0.4 is 4.74 Å². The Labute approximate surface area is 95.6 Å². The van der Waals surface area contributed by atoms with Crippen LogP contribution >= 0.6 is 0 Å². The van der Waals surface area contributed by atoms with E-state index in [0.717, 1.165) is 0 Å². The molecular formula is C12H17NO3. The molecule has 0 unspecified atom stereocenters. The van der Waals surface area contributed by atoms with Gasteiger partial charge in [0, 0.05) is 6.20 Å². The lowest BCUT2D eigenvalue weighted by Gasteiger charge is -2.20. The van der Waals surface area contributed by atoms with E-state index in [0.29, 0.717) is 18.1 Å². The highest BCUT2D eigenvalue weighted by Gasteiger charge is 2.21. The molecule has 1 aromatic rings. The maximum Gasteiger partial charge on any atom is 0.344 e. The zero-order chi connectivity index (χ0) is 12.2. The Bertz CT molecular complexity index is 369. The van der Waals surface area contributed by atoms with Crippen molar-refractivity contribution in [2.24, 2.45) is 0 Å². The normalized spacial score (nSPS) is 11.0. The minimum absolute atomic E-state index is 0.319. The molecule has 0 N–H and O–H groups in total. The number of carbonyl (C=O) groups is 1. The molecule has 1 heterocycles. The van der Waals surface area contributed by atoms with E-state index >= 15 is 0 Å². The quantitative estimate of drug-likeness (QED) is 0.738. The first kappa shape index (κ1) is 12.5. The minimum atomic E-state index is -0.517. The maximum atomic E-state index is 11.8. The van der Waals surface area contributed by atoms with Crippen LogP contribution in [0.2, 0.25) is 0 Å². The summed E-state index contributed by atoms with van der Waals surface area (Å²) in [4.78, 5) is 15.8. The van der Waals surface area contributed by atoms with Crippen LogP contribution in [-0.2, 0) is 4.74 Å². The summed E-state index contributed by atoms with van der Waals surface area (Å²) in [5, 5.41) is 0. The van der Waals surface area contributed by atoms with Crippen molar-refractivity contribution in [3.8, 4) is 5.88 Å². The third-order valence-electron chi connectivity index (χ3n) is 1.67. The van der Waals surface area contributed by atoms with Gasteiger partial charge in [0.1, 0.15) is 11.2 Å². The number of nitrogens with zero attached hydrogens (tertiary/aromatic N) is 1. The Morgan fingerprint density at radius 1 is 1.44 bits per heavy atom. The molecule has 4 heteroatoms. The summed E-state index contributed by atoms with van der Waals surface area (Å²) >= 11 is 0. The van der Waals surface area contributed by atoms with Gasteiger partial charge in [0.2, 0.25) is 5.88 Å². The molecule has 0 aromatic carbocycles. The molecule has 4 nitrogen and oxygen atoms in total. The highest BCUT2D eigenvalue weighted by Crippen LogP contribution is 2.18. The van der Waals surface area contributed by atoms with Crippen LogP contribution in [-0.4, -0.2) is 23.2 Å².